The fourth-order valence-electron chi connectivity index (χ4n) is 2.10. The molecule has 3 N–H and O–H groups in total. The average molecular weight is 396 g/mol. The minimum Gasteiger partial charge on any atom is -0.335 e. The van der Waals surface area contributed by atoms with Crippen molar-refractivity contribution in [3.05, 3.63) is 59.1 Å². The summed E-state index contributed by atoms with van der Waals surface area (Å²) in [6, 6.07) is 10.1. The second-order valence-electron chi connectivity index (χ2n) is 5.15. The quantitative estimate of drug-likeness (QED) is 0.511. The summed E-state index contributed by atoms with van der Waals surface area (Å²) < 4.78 is 27.3. The summed E-state index contributed by atoms with van der Waals surface area (Å²) in [5, 5.41) is 11.3. The third-order valence-corrected chi connectivity index (χ3v) is 4.46. The van der Waals surface area contributed by atoms with Gasteiger partial charge in [-0.25, -0.2) is 13.5 Å². The number of aromatic nitrogens is 3. The fourth-order valence-corrected chi connectivity index (χ4v) is 2.95. The second kappa shape index (κ2) is 7.71. The fraction of sp³-hybridized carbons (Fsp3) is 0.0625. The minimum atomic E-state index is -1.04. The highest BCUT2D eigenvalue weighted by Crippen LogP contribution is 2.24. The summed E-state index contributed by atoms with van der Waals surface area (Å²) in [5.74, 6) is 3.88. The van der Waals surface area contributed by atoms with Gasteiger partial charge in [-0.3, -0.25) is 4.79 Å². The molecule has 134 valence electrons. The van der Waals surface area contributed by atoms with Crippen molar-refractivity contribution < 1.29 is 13.6 Å². The molecule has 26 heavy (non-hydrogen) atoms. The summed E-state index contributed by atoms with van der Waals surface area (Å²) in [4.78, 5) is 12.0. The Morgan fingerprint density at radius 3 is 2.73 bits per heavy atom. The van der Waals surface area contributed by atoms with Crippen molar-refractivity contribution in [2.24, 2.45) is 0 Å². The molecule has 3 aromatic rings. The molecule has 1 heterocycles. The Balaban J connectivity index is 1.64. The summed E-state index contributed by atoms with van der Waals surface area (Å²) >= 11 is 7.00. The first-order valence-electron chi connectivity index (χ1n) is 7.28. The van der Waals surface area contributed by atoms with Crippen LogP contribution in [0.25, 0.3) is 11.4 Å². The Hall–Kier alpha value is -2.65. The molecule has 0 radical (unpaired) electrons. The zero-order valence-corrected chi connectivity index (χ0v) is 14.7. The predicted molar refractivity (Wildman–Crippen MR) is 96.3 cm³/mol. The molecular weight excluding hydrogens is 384 g/mol. The van der Waals surface area contributed by atoms with Crippen LogP contribution >= 0.6 is 23.4 Å². The van der Waals surface area contributed by atoms with E-state index in [0.717, 1.165) is 23.9 Å². The first-order chi connectivity index (χ1) is 12.4. The van der Waals surface area contributed by atoms with Gasteiger partial charge >= 0.3 is 0 Å². The third kappa shape index (κ3) is 4.12. The SMILES string of the molecule is Nn1c(SCC(=O)Nc2ccc(F)c(F)c2)nnc1-c1cccc(Cl)c1. The molecule has 10 heteroatoms. The van der Waals surface area contributed by atoms with Gasteiger partial charge in [0.15, 0.2) is 17.5 Å². The van der Waals surface area contributed by atoms with Crippen LogP contribution in [0.2, 0.25) is 5.02 Å². The molecule has 0 saturated carbocycles. The Labute approximate surface area is 156 Å². The number of nitrogens with two attached hydrogens (primary N) is 1. The number of nitrogens with one attached hydrogen (secondary N) is 1. The molecule has 1 amide bonds. The highest BCUT2D eigenvalue weighted by molar-refractivity contribution is 7.99. The van der Waals surface area contributed by atoms with E-state index in [-0.39, 0.29) is 11.4 Å². The lowest BCUT2D eigenvalue weighted by Gasteiger charge is -2.06. The normalized spacial score (nSPS) is 10.7. The second-order valence-corrected chi connectivity index (χ2v) is 6.53. The summed E-state index contributed by atoms with van der Waals surface area (Å²) in [7, 11) is 0. The molecule has 3 rings (SSSR count). The molecule has 0 atom stereocenters. The maximum Gasteiger partial charge on any atom is 0.234 e. The van der Waals surface area contributed by atoms with Crippen LogP contribution < -0.4 is 11.2 Å². The van der Waals surface area contributed by atoms with Gasteiger partial charge in [0.2, 0.25) is 11.1 Å². The number of benzene rings is 2. The van der Waals surface area contributed by atoms with Crippen molar-refractivity contribution in [1.82, 2.24) is 14.9 Å². The van der Waals surface area contributed by atoms with Gasteiger partial charge in [-0.2, -0.15) is 0 Å². The van der Waals surface area contributed by atoms with Gasteiger partial charge in [0.25, 0.3) is 0 Å². The average Bonchev–Trinajstić information content (AvgIpc) is 2.97. The van der Waals surface area contributed by atoms with Crippen LogP contribution in [-0.4, -0.2) is 26.5 Å². The minimum absolute atomic E-state index is 0.0378. The number of carbonyl (C=O) groups is 1. The number of nitrogens with zero attached hydrogens (tertiary/aromatic N) is 3. The van der Waals surface area contributed by atoms with Crippen molar-refractivity contribution in [2.75, 3.05) is 16.9 Å². The van der Waals surface area contributed by atoms with Crippen molar-refractivity contribution in [1.29, 1.82) is 0 Å². The van der Waals surface area contributed by atoms with E-state index in [4.69, 9.17) is 17.4 Å². The maximum atomic E-state index is 13.1. The molecule has 0 fully saturated rings. The van der Waals surface area contributed by atoms with Crippen molar-refractivity contribution in [3.63, 3.8) is 0 Å². The van der Waals surface area contributed by atoms with Crippen LogP contribution in [0.4, 0.5) is 14.5 Å². The molecule has 0 unspecified atom stereocenters. The zero-order valence-electron chi connectivity index (χ0n) is 13.1. The topological polar surface area (TPSA) is 85.8 Å². The van der Waals surface area contributed by atoms with Crippen molar-refractivity contribution in [2.45, 2.75) is 5.16 Å². The van der Waals surface area contributed by atoms with Crippen LogP contribution in [-0.2, 0) is 4.79 Å². The molecule has 2 aromatic carbocycles. The Morgan fingerprint density at radius 2 is 2.00 bits per heavy atom. The number of rotatable bonds is 5. The Kier molecular flexibility index (Phi) is 5.38. The van der Waals surface area contributed by atoms with E-state index in [1.807, 2.05) is 0 Å². The van der Waals surface area contributed by atoms with Crippen LogP contribution in [0.3, 0.4) is 0 Å². The van der Waals surface area contributed by atoms with E-state index in [0.29, 0.717) is 21.6 Å². The van der Waals surface area contributed by atoms with Gasteiger partial charge in [-0.15, -0.1) is 10.2 Å². The predicted octanol–water partition coefficient (Wildman–Crippen LogP) is 3.32. The Bertz CT molecular complexity index is 966. The molecule has 6 nitrogen and oxygen atoms in total. The third-order valence-electron chi connectivity index (χ3n) is 3.28. The molecule has 0 bridgehead atoms. The Morgan fingerprint density at radius 1 is 1.19 bits per heavy atom. The van der Waals surface area contributed by atoms with Gasteiger partial charge in [0.05, 0.1) is 5.75 Å². The summed E-state index contributed by atoms with van der Waals surface area (Å²) in [6.45, 7) is 0. The summed E-state index contributed by atoms with van der Waals surface area (Å²) in [6.07, 6.45) is 0. The number of hydrogen-bond acceptors (Lipinski definition) is 5. The molecule has 0 saturated heterocycles. The van der Waals surface area contributed by atoms with E-state index in [1.165, 1.54) is 10.7 Å². The lowest BCUT2D eigenvalue weighted by atomic mass is 10.2. The number of carbonyl (C=O) groups excluding carboxylic acids is 1. The van der Waals surface area contributed by atoms with E-state index in [9.17, 15) is 13.6 Å². The van der Waals surface area contributed by atoms with Crippen LogP contribution in [0, 0.1) is 11.6 Å². The smallest absolute Gasteiger partial charge is 0.234 e. The monoisotopic (exact) mass is 395 g/mol. The number of thioether (sulfide) groups is 1. The van der Waals surface area contributed by atoms with E-state index in [2.05, 4.69) is 15.5 Å². The number of nitrogen functional groups attached to an aromatic ring is 1. The van der Waals surface area contributed by atoms with E-state index >= 15 is 0 Å². The first kappa shape index (κ1) is 18.2. The lowest BCUT2D eigenvalue weighted by Crippen LogP contribution is -2.16. The maximum absolute atomic E-state index is 13.1. The van der Waals surface area contributed by atoms with Crippen LogP contribution in [0.1, 0.15) is 0 Å². The van der Waals surface area contributed by atoms with Crippen molar-refractivity contribution in [3.8, 4) is 11.4 Å². The van der Waals surface area contributed by atoms with Crippen molar-refractivity contribution >= 4 is 35.0 Å². The lowest BCUT2D eigenvalue weighted by molar-refractivity contribution is -0.113. The van der Waals surface area contributed by atoms with E-state index in [1.54, 1.807) is 24.3 Å². The zero-order chi connectivity index (χ0) is 18.7. The van der Waals surface area contributed by atoms with Gasteiger partial charge in [0, 0.05) is 22.3 Å². The molecule has 0 aliphatic heterocycles. The molecule has 1 aromatic heterocycles. The van der Waals surface area contributed by atoms with E-state index < -0.39 is 17.5 Å². The highest BCUT2D eigenvalue weighted by Gasteiger charge is 2.14. The molecule has 0 aliphatic rings. The number of anilines is 1. The highest BCUT2D eigenvalue weighted by atomic mass is 35.5. The number of hydrogen-bond donors (Lipinski definition) is 2. The van der Waals surface area contributed by atoms with Crippen LogP contribution in [0.15, 0.2) is 47.6 Å². The number of amides is 1. The van der Waals surface area contributed by atoms with Crippen LogP contribution in [0.5, 0.6) is 0 Å². The summed E-state index contributed by atoms with van der Waals surface area (Å²) in [5.41, 5.74) is 0.842. The standard InChI is InChI=1S/C16H12ClF2N5OS/c17-10-3-1-2-9(6-10)15-22-23-16(24(15)20)26-8-14(25)21-11-4-5-12(18)13(19)7-11/h1-7H,8,20H2,(H,21,25). The van der Waals surface area contributed by atoms with Gasteiger partial charge in [0.1, 0.15) is 0 Å². The largest absolute Gasteiger partial charge is 0.335 e. The van der Waals surface area contributed by atoms with Gasteiger partial charge in [-0.05, 0) is 24.3 Å². The van der Waals surface area contributed by atoms with Gasteiger partial charge < -0.3 is 11.2 Å². The molecule has 0 spiro atoms. The molecule has 0 aliphatic carbocycles. The van der Waals surface area contributed by atoms with Gasteiger partial charge in [-0.1, -0.05) is 35.5 Å². The molecular formula is C16H12ClF2N5OS. The number of halogens is 3. The first-order valence-corrected chi connectivity index (χ1v) is 8.64.